The second kappa shape index (κ2) is 3.81. The molecule has 15 heavy (non-hydrogen) atoms. The van der Waals surface area contributed by atoms with E-state index in [9.17, 15) is 0 Å². The van der Waals surface area contributed by atoms with Gasteiger partial charge in [-0.05, 0) is 36.2 Å². The molecule has 0 radical (unpaired) electrons. The second-order valence-electron chi connectivity index (χ2n) is 3.73. The minimum Gasteiger partial charge on any atom is -0.192 e. The quantitative estimate of drug-likeness (QED) is 0.614. The van der Waals surface area contributed by atoms with E-state index in [1.807, 2.05) is 6.07 Å². The summed E-state index contributed by atoms with van der Waals surface area (Å²) in [7, 11) is 1.69. The molecule has 0 aliphatic rings. The van der Waals surface area contributed by atoms with Crippen LogP contribution in [0.15, 0.2) is 40.6 Å². The van der Waals surface area contributed by atoms with Gasteiger partial charge in [0.2, 0.25) is 0 Å². The fourth-order valence-corrected chi connectivity index (χ4v) is 1.79. The van der Waals surface area contributed by atoms with Gasteiger partial charge in [-0.2, -0.15) is 10.2 Å². The van der Waals surface area contributed by atoms with E-state index in [2.05, 4.69) is 48.3 Å². The molecule has 0 atom stereocenters. The molecule has 0 fully saturated rings. The Morgan fingerprint density at radius 2 is 1.73 bits per heavy atom. The number of nitrogens with zero attached hydrogens (tertiary/aromatic N) is 2. The van der Waals surface area contributed by atoms with Crippen molar-refractivity contribution < 1.29 is 0 Å². The topological polar surface area (TPSA) is 24.7 Å². The summed E-state index contributed by atoms with van der Waals surface area (Å²) in [6, 6.07) is 10.6. The van der Waals surface area contributed by atoms with Crippen molar-refractivity contribution in [3.8, 4) is 0 Å². The lowest BCUT2D eigenvalue weighted by Gasteiger charge is -2.05. The minimum atomic E-state index is 0.954. The smallest absolute Gasteiger partial charge is 0.0887 e. The van der Waals surface area contributed by atoms with Crippen LogP contribution in [0.2, 0.25) is 0 Å². The molecule has 0 amide bonds. The molecule has 0 spiro atoms. The molecule has 0 unspecified atom stereocenters. The minimum absolute atomic E-state index is 0.954. The van der Waals surface area contributed by atoms with Gasteiger partial charge < -0.3 is 0 Å². The van der Waals surface area contributed by atoms with Gasteiger partial charge in [0.25, 0.3) is 0 Å². The van der Waals surface area contributed by atoms with Crippen LogP contribution in [-0.4, -0.2) is 7.05 Å². The van der Waals surface area contributed by atoms with Gasteiger partial charge in [-0.15, -0.1) is 0 Å². The van der Waals surface area contributed by atoms with Crippen LogP contribution in [0.1, 0.15) is 11.1 Å². The predicted molar refractivity (Wildman–Crippen MR) is 63.9 cm³/mol. The van der Waals surface area contributed by atoms with E-state index in [1.54, 1.807) is 7.05 Å². The maximum absolute atomic E-state index is 4.11. The third-order valence-corrected chi connectivity index (χ3v) is 2.63. The van der Waals surface area contributed by atoms with Gasteiger partial charge in [-0.25, -0.2) is 0 Å². The third-order valence-electron chi connectivity index (χ3n) is 2.63. The summed E-state index contributed by atoms with van der Waals surface area (Å²) in [5, 5.41) is 10.5. The van der Waals surface area contributed by atoms with Gasteiger partial charge in [0.15, 0.2) is 0 Å². The molecular formula is C13H14N2. The zero-order chi connectivity index (χ0) is 10.8. The first-order chi connectivity index (χ1) is 7.22. The highest BCUT2D eigenvalue weighted by atomic mass is 15.1. The Bertz CT molecular complexity index is 527. The molecular weight excluding hydrogens is 184 g/mol. The van der Waals surface area contributed by atoms with E-state index in [4.69, 9.17) is 0 Å². The Morgan fingerprint density at radius 3 is 2.47 bits per heavy atom. The van der Waals surface area contributed by atoms with Crippen molar-refractivity contribution in [2.24, 2.45) is 10.2 Å². The summed E-state index contributed by atoms with van der Waals surface area (Å²) in [5.74, 6) is 0. The maximum Gasteiger partial charge on any atom is 0.0887 e. The second-order valence-corrected chi connectivity index (χ2v) is 3.73. The van der Waals surface area contributed by atoms with Crippen molar-refractivity contribution in [1.29, 1.82) is 0 Å². The molecule has 0 aliphatic heterocycles. The van der Waals surface area contributed by atoms with Crippen molar-refractivity contribution >= 4 is 16.5 Å². The Labute approximate surface area is 89.7 Å². The zero-order valence-electron chi connectivity index (χ0n) is 9.28. The number of aryl methyl sites for hydroxylation is 2. The first-order valence-electron chi connectivity index (χ1n) is 5.02. The molecule has 2 heteroatoms. The Balaban J connectivity index is 2.76. The molecule has 0 aliphatic carbocycles. The van der Waals surface area contributed by atoms with Crippen LogP contribution in [0.25, 0.3) is 10.8 Å². The Hall–Kier alpha value is -1.70. The van der Waals surface area contributed by atoms with E-state index in [0.29, 0.717) is 0 Å². The summed E-state index contributed by atoms with van der Waals surface area (Å²) in [5.41, 5.74) is 3.42. The van der Waals surface area contributed by atoms with Gasteiger partial charge in [0.05, 0.1) is 5.69 Å². The van der Waals surface area contributed by atoms with Gasteiger partial charge in [-0.1, -0.05) is 29.8 Å². The average molecular weight is 198 g/mol. The molecule has 0 aromatic heterocycles. The lowest BCUT2D eigenvalue weighted by molar-refractivity contribution is 1.16. The SMILES string of the molecule is CN=Nc1ccc2ccc(C)cc2c1C. The molecule has 2 rings (SSSR count). The van der Waals surface area contributed by atoms with Crippen LogP contribution < -0.4 is 0 Å². The van der Waals surface area contributed by atoms with Gasteiger partial charge in [0, 0.05) is 7.05 Å². The summed E-state index contributed by atoms with van der Waals surface area (Å²) < 4.78 is 0. The van der Waals surface area contributed by atoms with Gasteiger partial charge >= 0.3 is 0 Å². The average Bonchev–Trinajstić information content (AvgIpc) is 2.23. The molecule has 0 N–H and O–H groups in total. The summed E-state index contributed by atoms with van der Waals surface area (Å²) in [4.78, 5) is 0. The highest BCUT2D eigenvalue weighted by Gasteiger charge is 2.02. The molecule has 0 saturated carbocycles. The molecule has 0 saturated heterocycles. The zero-order valence-corrected chi connectivity index (χ0v) is 9.28. The molecule has 2 aromatic rings. The monoisotopic (exact) mass is 198 g/mol. The first-order valence-corrected chi connectivity index (χ1v) is 5.02. The number of hydrogen-bond acceptors (Lipinski definition) is 2. The Kier molecular flexibility index (Phi) is 2.50. The van der Waals surface area contributed by atoms with Crippen molar-refractivity contribution in [2.75, 3.05) is 7.05 Å². The van der Waals surface area contributed by atoms with E-state index < -0.39 is 0 Å². The lowest BCUT2D eigenvalue weighted by atomic mass is 10.0. The van der Waals surface area contributed by atoms with E-state index in [0.717, 1.165) is 5.69 Å². The third kappa shape index (κ3) is 1.75. The standard InChI is InChI=1S/C13H14N2/c1-9-4-5-11-6-7-13(15-14-3)10(2)12(11)8-9/h4-8H,1-3H3. The summed E-state index contributed by atoms with van der Waals surface area (Å²) >= 11 is 0. The van der Waals surface area contributed by atoms with Gasteiger partial charge in [0.1, 0.15) is 0 Å². The maximum atomic E-state index is 4.11. The largest absolute Gasteiger partial charge is 0.192 e. The highest BCUT2D eigenvalue weighted by Crippen LogP contribution is 2.28. The van der Waals surface area contributed by atoms with Crippen LogP contribution in [0.5, 0.6) is 0 Å². The van der Waals surface area contributed by atoms with E-state index in [1.165, 1.54) is 21.9 Å². The molecule has 0 heterocycles. The number of benzene rings is 2. The van der Waals surface area contributed by atoms with Crippen LogP contribution in [0.3, 0.4) is 0 Å². The first kappa shape index (κ1) is 9.84. The fraction of sp³-hybridized carbons (Fsp3) is 0.231. The van der Waals surface area contributed by atoms with Crippen molar-refractivity contribution in [2.45, 2.75) is 13.8 Å². The Morgan fingerprint density at radius 1 is 1.00 bits per heavy atom. The number of fused-ring (bicyclic) bond motifs is 1. The highest BCUT2D eigenvalue weighted by molar-refractivity contribution is 5.89. The molecule has 2 aromatic carbocycles. The summed E-state index contributed by atoms with van der Waals surface area (Å²) in [6.45, 7) is 4.19. The van der Waals surface area contributed by atoms with Crippen LogP contribution >= 0.6 is 0 Å². The fourth-order valence-electron chi connectivity index (χ4n) is 1.79. The van der Waals surface area contributed by atoms with Crippen molar-refractivity contribution in [3.05, 3.63) is 41.5 Å². The number of hydrogen-bond donors (Lipinski definition) is 0. The molecule has 2 nitrogen and oxygen atoms in total. The number of rotatable bonds is 1. The van der Waals surface area contributed by atoms with Gasteiger partial charge in [-0.3, -0.25) is 0 Å². The van der Waals surface area contributed by atoms with Crippen LogP contribution in [-0.2, 0) is 0 Å². The molecule has 0 bridgehead atoms. The predicted octanol–water partition coefficient (Wildman–Crippen LogP) is 4.17. The number of azo groups is 1. The van der Waals surface area contributed by atoms with Crippen molar-refractivity contribution in [1.82, 2.24) is 0 Å². The van der Waals surface area contributed by atoms with Crippen LogP contribution in [0.4, 0.5) is 5.69 Å². The molecule has 76 valence electrons. The van der Waals surface area contributed by atoms with Crippen LogP contribution in [0, 0.1) is 13.8 Å². The van der Waals surface area contributed by atoms with E-state index >= 15 is 0 Å². The normalized spacial score (nSPS) is 11.4. The van der Waals surface area contributed by atoms with E-state index in [-0.39, 0.29) is 0 Å². The van der Waals surface area contributed by atoms with Crippen molar-refractivity contribution in [3.63, 3.8) is 0 Å². The summed E-state index contributed by atoms with van der Waals surface area (Å²) in [6.07, 6.45) is 0. The lowest BCUT2D eigenvalue weighted by Crippen LogP contribution is -1.81.